The van der Waals surface area contributed by atoms with Gasteiger partial charge in [-0.05, 0) is 44.2 Å². The van der Waals surface area contributed by atoms with Gasteiger partial charge in [0.2, 0.25) is 0 Å². The van der Waals surface area contributed by atoms with Crippen LogP contribution in [0.1, 0.15) is 36.8 Å². The van der Waals surface area contributed by atoms with E-state index in [4.69, 9.17) is 16.3 Å². The molecule has 1 aromatic carbocycles. The summed E-state index contributed by atoms with van der Waals surface area (Å²) >= 11 is 5.73. The van der Waals surface area contributed by atoms with Gasteiger partial charge in [-0.25, -0.2) is 9.67 Å². The average molecular weight is 411 g/mol. The first kappa shape index (κ1) is 20.3. The van der Waals surface area contributed by atoms with Crippen LogP contribution in [0.2, 0.25) is 5.02 Å². The van der Waals surface area contributed by atoms with Crippen LogP contribution < -0.4 is 0 Å². The number of hydrogen-bond acceptors (Lipinski definition) is 4. The maximum atomic E-state index is 13.2. The Morgan fingerprint density at radius 2 is 1.96 bits per heavy atom. The summed E-state index contributed by atoms with van der Waals surface area (Å²) in [4.78, 5) is 8.69. The molecule has 148 valence electrons. The number of halogens is 4. The van der Waals surface area contributed by atoms with Gasteiger partial charge in [-0.1, -0.05) is 17.7 Å². The Labute approximate surface area is 165 Å². The summed E-state index contributed by atoms with van der Waals surface area (Å²) in [6, 6.07) is 9.07. The SMILES string of the molecule is CC(C)OCc1nc(Cc2ccccn2)n(-c2ccc(Cl)c(C(F)(F)F)c2)n1. The maximum absolute atomic E-state index is 13.2. The second-order valence-corrected chi connectivity index (χ2v) is 6.78. The summed E-state index contributed by atoms with van der Waals surface area (Å²) in [7, 11) is 0. The fourth-order valence-electron chi connectivity index (χ4n) is 2.54. The minimum Gasteiger partial charge on any atom is -0.371 e. The van der Waals surface area contributed by atoms with Crippen molar-refractivity contribution in [2.75, 3.05) is 0 Å². The van der Waals surface area contributed by atoms with E-state index in [1.54, 1.807) is 12.3 Å². The van der Waals surface area contributed by atoms with Crippen molar-refractivity contribution in [3.8, 4) is 5.69 Å². The highest BCUT2D eigenvalue weighted by molar-refractivity contribution is 6.31. The van der Waals surface area contributed by atoms with E-state index < -0.39 is 11.7 Å². The molecule has 5 nitrogen and oxygen atoms in total. The minimum absolute atomic E-state index is 0.0291. The summed E-state index contributed by atoms with van der Waals surface area (Å²) in [6.45, 7) is 3.90. The highest BCUT2D eigenvalue weighted by Crippen LogP contribution is 2.36. The van der Waals surface area contributed by atoms with E-state index in [1.165, 1.54) is 16.8 Å². The van der Waals surface area contributed by atoms with Crippen LogP contribution in [0.25, 0.3) is 5.69 Å². The quantitative estimate of drug-likeness (QED) is 0.583. The summed E-state index contributed by atoms with van der Waals surface area (Å²) in [6.07, 6.45) is -2.65. The fourth-order valence-corrected chi connectivity index (χ4v) is 2.77. The zero-order valence-corrected chi connectivity index (χ0v) is 16.0. The normalized spacial score (nSPS) is 12.0. The largest absolute Gasteiger partial charge is 0.417 e. The highest BCUT2D eigenvalue weighted by atomic mass is 35.5. The first-order chi connectivity index (χ1) is 13.2. The molecule has 0 amide bonds. The molecule has 2 aromatic heterocycles. The third kappa shape index (κ3) is 4.88. The van der Waals surface area contributed by atoms with Crippen molar-refractivity contribution < 1.29 is 17.9 Å². The molecule has 0 saturated heterocycles. The lowest BCUT2D eigenvalue weighted by Gasteiger charge is -2.12. The Morgan fingerprint density at radius 3 is 2.61 bits per heavy atom. The molecule has 0 aliphatic rings. The first-order valence-electron chi connectivity index (χ1n) is 8.57. The number of hydrogen-bond donors (Lipinski definition) is 0. The van der Waals surface area contributed by atoms with Crippen molar-refractivity contribution in [1.29, 1.82) is 0 Å². The Bertz CT molecular complexity index is 942. The zero-order valence-electron chi connectivity index (χ0n) is 15.2. The number of benzene rings is 1. The molecule has 0 radical (unpaired) electrons. The number of pyridine rings is 1. The van der Waals surface area contributed by atoms with E-state index in [0.717, 1.165) is 11.8 Å². The van der Waals surface area contributed by atoms with Crippen molar-refractivity contribution in [2.24, 2.45) is 0 Å². The summed E-state index contributed by atoms with van der Waals surface area (Å²) in [5.41, 5.74) is 0.00868. The van der Waals surface area contributed by atoms with Crippen molar-refractivity contribution >= 4 is 11.6 Å². The maximum Gasteiger partial charge on any atom is 0.417 e. The molecular weight excluding hydrogens is 393 g/mol. The highest BCUT2D eigenvalue weighted by Gasteiger charge is 2.33. The van der Waals surface area contributed by atoms with E-state index in [2.05, 4.69) is 15.1 Å². The van der Waals surface area contributed by atoms with Gasteiger partial charge < -0.3 is 4.74 Å². The van der Waals surface area contributed by atoms with Crippen LogP contribution in [-0.2, 0) is 23.9 Å². The second kappa shape index (κ2) is 8.28. The van der Waals surface area contributed by atoms with Gasteiger partial charge in [0.05, 0.1) is 28.8 Å². The number of nitrogens with zero attached hydrogens (tertiary/aromatic N) is 4. The standard InChI is InChI=1S/C19H18ClF3N4O/c1-12(2)28-11-17-25-18(9-13-5-3-4-8-24-13)27(26-17)14-6-7-16(20)15(10-14)19(21,22)23/h3-8,10,12H,9,11H2,1-2H3. The number of ether oxygens (including phenoxy) is 1. The van der Waals surface area contributed by atoms with Crippen molar-refractivity contribution in [3.05, 3.63) is 70.5 Å². The van der Waals surface area contributed by atoms with Crippen molar-refractivity contribution in [3.63, 3.8) is 0 Å². The van der Waals surface area contributed by atoms with Gasteiger partial charge in [0.15, 0.2) is 5.82 Å². The van der Waals surface area contributed by atoms with Gasteiger partial charge in [0.25, 0.3) is 0 Å². The van der Waals surface area contributed by atoms with Crippen LogP contribution in [0.15, 0.2) is 42.6 Å². The Morgan fingerprint density at radius 1 is 1.18 bits per heavy atom. The van der Waals surface area contributed by atoms with E-state index in [9.17, 15) is 13.2 Å². The molecule has 3 rings (SSSR count). The van der Waals surface area contributed by atoms with Crippen LogP contribution in [0.3, 0.4) is 0 Å². The molecule has 0 atom stereocenters. The summed E-state index contributed by atoms with van der Waals surface area (Å²) < 4.78 is 46.6. The average Bonchev–Trinajstić information content (AvgIpc) is 3.03. The second-order valence-electron chi connectivity index (χ2n) is 6.38. The van der Waals surface area contributed by atoms with Crippen LogP contribution >= 0.6 is 11.6 Å². The zero-order chi connectivity index (χ0) is 20.3. The summed E-state index contributed by atoms with van der Waals surface area (Å²) in [5, 5.41) is 3.97. The molecule has 0 bridgehead atoms. The number of alkyl halides is 3. The minimum atomic E-state index is -4.57. The van der Waals surface area contributed by atoms with Gasteiger partial charge in [0, 0.05) is 11.9 Å². The molecule has 0 saturated carbocycles. The van der Waals surface area contributed by atoms with Crippen LogP contribution in [0, 0.1) is 0 Å². The van der Waals surface area contributed by atoms with E-state index in [1.807, 2.05) is 26.0 Å². The molecule has 0 unspecified atom stereocenters. The van der Waals surface area contributed by atoms with Gasteiger partial charge in [0.1, 0.15) is 12.4 Å². The third-order valence-electron chi connectivity index (χ3n) is 3.83. The lowest BCUT2D eigenvalue weighted by molar-refractivity contribution is -0.137. The Balaban J connectivity index is 2.03. The van der Waals surface area contributed by atoms with Crippen molar-refractivity contribution in [1.82, 2.24) is 19.7 Å². The van der Waals surface area contributed by atoms with Crippen molar-refractivity contribution in [2.45, 2.75) is 39.2 Å². The Kier molecular flexibility index (Phi) is 6.00. The van der Waals surface area contributed by atoms with Gasteiger partial charge in [-0.3, -0.25) is 4.98 Å². The molecule has 0 aliphatic heterocycles. The molecule has 9 heteroatoms. The van der Waals surface area contributed by atoms with Gasteiger partial charge in [-0.15, -0.1) is 5.10 Å². The first-order valence-corrected chi connectivity index (χ1v) is 8.95. The molecule has 0 N–H and O–H groups in total. The lowest BCUT2D eigenvalue weighted by atomic mass is 10.2. The molecule has 0 fully saturated rings. The van der Waals surface area contributed by atoms with Crippen LogP contribution in [0.4, 0.5) is 13.2 Å². The summed E-state index contributed by atoms with van der Waals surface area (Å²) in [5.74, 6) is 0.833. The molecule has 0 aliphatic carbocycles. The Hall–Kier alpha value is -2.45. The van der Waals surface area contributed by atoms with Gasteiger partial charge >= 0.3 is 6.18 Å². The smallest absolute Gasteiger partial charge is 0.371 e. The molecule has 3 aromatic rings. The molecular formula is C19H18ClF3N4O. The van der Waals surface area contributed by atoms with Crippen LogP contribution in [0.5, 0.6) is 0 Å². The fraction of sp³-hybridized carbons (Fsp3) is 0.316. The molecule has 0 spiro atoms. The van der Waals surface area contributed by atoms with E-state index in [-0.39, 0.29) is 23.4 Å². The third-order valence-corrected chi connectivity index (χ3v) is 4.16. The lowest BCUT2D eigenvalue weighted by Crippen LogP contribution is -2.10. The van der Waals surface area contributed by atoms with Crippen LogP contribution in [-0.4, -0.2) is 25.9 Å². The van der Waals surface area contributed by atoms with Gasteiger partial charge in [-0.2, -0.15) is 13.2 Å². The monoisotopic (exact) mass is 410 g/mol. The topological polar surface area (TPSA) is 52.8 Å². The van der Waals surface area contributed by atoms with E-state index >= 15 is 0 Å². The number of aromatic nitrogens is 4. The predicted molar refractivity (Wildman–Crippen MR) is 98.3 cm³/mol. The number of rotatable bonds is 6. The molecule has 2 heterocycles. The van der Waals surface area contributed by atoms with E-state index in [0.29, 0.717) is 18.1 Å². The molecule has 28 heavy (non-hydrogen) atoms. The predicted octanol–water partition coefficient (Wildman–Crippen LogP) is 4.85.